The first-order valence-electron chi connectivity index (χ1n) is 12.3. The molecule has 1 saturated heterocycles. The van der Waals surface area contributed by atoms with Gasteiger partial charge in [0, 0.05) is 34.6 Å². The zero-order valence-electron chi connectivity index (χ0n) is 20.0. The lowest BCUT2D eigenvalue weighted by atomic mass is 10.00. The molecule has 8 heteroatoms. The molecule has 0 spiro atoms. The Hall–Kier alpha value is -2.68. The molecule has 2 aromatic carbocycles. The van der Waals surface area contributed by atoms with Gasteiger partial charge in [-0.3, -0.25) is 9.59 Å². The van der Waals surface area contributed by atoms with Crippen LogP contribution in [0.3, 0.4) is 0 Å². The van der Waals surface area contributed by atoms with Crippen LogP contribution < -0.4 is 4.74 Å². The maximum Gasteiger partial charge on any atom is 0.254 e. The van der Waals surface area contributed by atoms with E-state index in [1.54, 1.807) is 28.4 Å². The molecule has 0 bridgehead atoms. The second kappa shape index (κ2) is 11.6. The average Bonchev–Trinajstić information content (AvgIpc) is 3.59. The van der Waals surface area contributed by atoms with Crippen molar-refractivity contribution in [2.45, 2.75) is 31.4 Å². The summed E-state index contributed by atoms with van der Waals surface area (Å²) in [5.41, 5.74) is 1.69. The molecule has 0 radical (unpaired) electrons. The highest BCUT2D eigenvalue weighted by molar-refractivity contribution is 9.10. The number of amides is 2. The first kappa shape index (κ1) is 25.0. The summed E-state index contributed by atoms with van der Waals surface area (Å²) in [6, 6.07) is 18.9. The van der Waals surface area contributed by atoms with Crippen LogP contribution in [0.25, 0.3) is 0 Å². The molecule has 2 aliphatic heterocycles. The highest BCUT2D eigenvalue weighted by Gasteiger charge is 2.34. The van der Waals surface area contributed by atoms with Gasteiger partial charge in [0.2, 0.25) is 5.91 Å². The Morgan fingerprint density at radius 1 is 1.14 bits per heavy atom. The van der Waals surface area contributed by atoms with Crippen LogP contribution >= 0.6 is 27.3 Å². The van der Waals surface area contributed by atoms with Crippen LogP contribution in [-0.4, -0.2) is 60.6 Å². The minimum atomic E-state index is -0.196. The number of ether oxygens (including phenoxy) is 2. The third kappa shape index (κ3) is 5.82. The van der Waals surface area contributed by atoms with Crippen LogP contribution in [0.15, 0.2) is 70.5 Å². The number of nitrogens with zero attached hydrogens (tertiary/aromatic N) is 2. The number of rotatable bonds is 8. The van der Waals surface area contributed by atoms with Crippen LogP contribution in [0.4, 0.5) is 0 Å². The van der Waals surface area contributed by atoms with E-state index in [-0.39, 0.29) is 30.5 Å². The van der Waals surface area contributed by atoms with Crippen molar-refractivity contribution >= 4 is 39.1 Å². The molecule has 2 amide bonds. The Balaban J connectivity index is 1.35. The lowest BCUT2D eigenvalue weighted by Gasteiger charge is -2.37. The molecule has 2 atom stereocenters. The standard InChI is InChI=1S/C28H29BrN2O4S/c29-21-7-4-6-20(16-21)28(33)30(17-23-10-5-14-34-23)18-27(32)31-13-11-26-24(12-15-36-26)25(31)19-35-22-8-2-1-3-9-22/h1-4,6-9,12,15-16,23,25H,5,10-11,13-14,17-19H2. The van der Waals surface area contributed by atoms with Crippen molar-refractivity contribution in [2.24, 2.45) is 0 Å². The summed E-state index contributed by atoms with van der Waals surface area (Å²) in [4.78, 5) is 32.1. The summed E-state index contributed by atoms with van der Waals surface area (Å²) in [5, 5.41) is 2.08. The third-order valence-corrected chi connectivity index (χ3v) is 8.19. The van der Waals surface area contributed by atoms with E-state index in [1.807, 2.05) is 47.4 Å². The zero-order chi connectivity index (χ0) is 24.9. The van der Waals surface area contributed by atoms with Crippen LogP contribution in [0.2, 0.25) is 0 Å². The topological polar surface area (TPSA) is 59.1 Å². The second-order valence-electron chi connectivity index (χ2n) is 9.11. The molecule has 5 rings (SSSR count). The van der Waals surface area contributed by atoms with E-state index in [4.69, 9.17) is 9.47 Å². The van der Waals surface area contributed by atoms with Crippen molar-refractivity contribution in [3.05, 3.63) is 86.5 Å². The number of benzene rings is 2. The maximum absolute atomic E-state index is 13.8. The summed E-state index contributed by atoms with van der Waals surface area (Å²) >= 11 is 5.18. The smallest absolute Gasteiger partial charge is 0.254 e. The highest BCUT2D eigenvalue weighted by Crippen LogP contribution is 2.34. The van der Waals surface area contributed by atoms with Crippen molar-refractivity contribution in [3.8, 4) is 5.75 Å². The van der Waals surface area contributed by atoms with Gasteiger partial charge in [0.15, 0.2) is 0 Å². The number of carbonyl (C=O) groups is 2. The lowest BCUT2D eigenvalue weighted by Crippen LogP contribution is -2.49. The summed E-state index contributed by atoms with van der Waals surface area (Å²) in [5.74, 6) is 0.539. The number of fused-ring (bicyclic) bond motifs is 1. The van der Waals surface area contributed by atoms with Crippen molar-refractivity contribution in [3.63, 3.8) is 0 Å². The van der Waals surface area contributed by atoms with Crippen LogP contribution in [-0.2, 0) is 16.0 Å². The second-order valence-corrected chi connectivity index (χ2v) is 11.0. The van der Waals surface area contributed by atoms with E-state index in [0.29, 0.717) is 31.9 Å². The van der Waals surface area contributed by atoms with Gasteiger partial charge in [0.1, 0.15) is 18.9 Å². The molecule has 0 saturated carbocycles. The van der Waals surface area contributed by atoms with E-state index >= 15 is 0 Å². The molecule has 6 nitrogen and oxygen atoms in total. The molecule has 1 aromatic heterocycles. The van der Waals surface area contributed by atoms with E-state index in [1.165, 1.54) is 4.88 Å². The van der Waals surface area contributed by atoms with Crippen molar-refractivity contribution in [1.29, 1.82) is 0 Å². The molecular weight excluding hydrogens is 540 g/mol. The molecule has 3 aromatic rings. The molecule has 0 aliphatic carbocycles. The van der Waals surface area contributed by atoms with Crippen LogP contribution in [0, 0.1) is 0 Å². The van der Waals surface area contributed by atoms with Gasteiger partial charge in [-0.2, -0.15) is 0 Å². The fourth-order valence-corrected chi connectivity index (χ4v) is 6.21. The Kier molecular flexibility index (Phi) is 8.04. The van der Waals surface area contributed by atoms with Gasteiger partial charge >= 0.3 is 0 Å². The molecular formula is C28H29BrN2O4S. The Labute approximate surface area is 223 Å². The Morgan fingerprint density at radius 2 is 2.00 bits per heavy atom. The van der Waals surface area contributed by atoms with Gasteiger partial charge < -0.3 is 19.3 Å². The van der Waals surface area contributed by atoms with Gasteiger partial charge in [0.25, 0.3) is 5.91 Å². The predicted molar refractivity (Wildman–Crippen MR) is 143 cm³/mol. The molecule has 3 heterocycles. The minimum absolute atomic E-state index is 0.00646. The molecule has 36 heavy (non-hydrogen) atoms. The molecule has 0 N–H and O–H groups in total. The Bertz CT molecular complexity index is 1200. The minimum Gasteiger partial charge on any atom is -0.491 e. The summed E-state index contributed by atoms with van der Waals surface area (Å²) in [6.07, 6.45) is 2.64. The van der Waals surface area contributed by atoms with Gasteiger partial charge in [-0.05, 0) is 66.6 Å². The summed E-state index contributed by atoms with van der Waals surface area (Å²) < 4.78 is 12.7. The Morgan fingerprint density at radius 3 is 2.78 bits per heavy atom. The SMILES string of the molecule is O=C(c1cccc(Br)c1)N(CC(=O)N1CCc2sccc2C1COc1ccccc1)CC1CCCO1. The monoisotopic (exact) mass is 568 g/mol. The first-order valence-corrected chi connectivity index (χ1v) is 14.0. The third-order valence-electron chi connectivity index (χ3n) is 6.70. The fraction of sp³-hybridized carbons (Fsp3) is 0.357. The maximum atomic E-state index is 13.8. The van der Waals surface area contributed by atoms with Crippen molar-refractivity contribution in [2.75, 3.05) is 32.8 Å². The zero-order valence-corrected chi connectivity index (χ0v) is 22.4. The van der Waals surface area contributed by atoms with Crippen molar-refractivity contribution in [1.82, 2.24) is 9.80 Å². The van der Waals surface area contributed by atoms with Gasteiger partial charge in [-0.25, -0.2) is 0 Å². The fourth-order valence-electron chi connectivity index (χ4n) is 4.88. The summed E-state index contributed by atoms with van der Waals surface area (Å²) in [7, 11) is 0. The normalized spacial score (nSPS) is 19.1. The van der Waals surface area contributed by atoms with E-state index in [9.17, 15) is 9.59 Å². The van der Waals surface area contributed by atoms with E-state index in [2.05, 4.69) is 27.4 Å². The molecule has 1 fully saturated rings. The quantitative estimate of drug-likeness (QED) is 0.368. The van der Waals surface area contributed by atoms with E-state index < -0.39 is 0 Å². The number of carbonyl (C=O) groups excluding carboxylic acids is 2. The number of halogens is 1. The average molecular weight is 570 g/mol. The molecule has 188 valence electrons. The number of hydrogen-bond acceptors (Lipinski definition) is 5. The summed E-state index contributed by atoms with van der Waals surface area (Å²) in [6.45, 7) is 2.08. The van der Waals surface area contributed by atoms with Gasteiger partial charge in [-0.15, -0.1) is 11.3 Å². The number of hydrogen-bond donors (Lipinski definition) is 0. The van der Waals surface area contributed by atoms with Crippen LogP contribution in [0.5, 0.6) is 5.75 Å². The molecule has 2 unspecified atom stereocenters. The number of para-hydroxylation sites is 1. The van der Waals surface area contributed by atoms with Crippen LogP contribution in [0.1, 0.15) is 39.7 Å². The van der Waals surface area contributed by atoms with Gasteiger partial charge in [0.05, 0.1) is 12.1 Å². The first-order chi connectivity index (χ1) is 17.6. The van der Waals surface area contributed by atoms with Gasteiger partial charge in [-0.1, -0.05) is 40.2 Å². The number of thiophene rings is 1. The van der Waals surface area contributed by atoms with Crippen molar-refractivity contribution < 1.29 is 19.1 Å². The van der Waals surface area contributed by atoms with E-state index in [0.717, 1.165) is 35.0 Å². The highest BCUT2D eigenvalue weighted by atomic mass is 79.9. The largest absolute Gasteiger partial charge is 0.491 e. The predicted octanol–water partition coefficient (Wildman–Crippen LogP) is 5.34. The molecule has 2 aliphatic rings. The lowest BCUT2D eigenvalue weighted by molar-refractivity contribution is -0.135.